The van der Waals surface area contributed by atoms with Crippen molar-refractivity contribution in [1.82, 2.24) is 15.5 Å². The second kappa shape index (κ2) is 4.25. The van der Waals surface area contributed by atoms with Crippen molar-refractivity contribution < 1.29 is 4.79 Å². The number of rotatable bonds is 3. The van der Waals surface area contributed by atoms with E-state index in [4.69, 9.17) is 0 Å². The smallest absolute Gasteiger partial charge is 0.231 e. The van der Waals surface area contributed by atoms with Gasteiger partial charge in [0.25, 0.3) is 0 Å². The lowest BCUT2D eigenvalue weighted by molar-refractivity contribution is -0.119. The predicted octanol–water partition coefficient (Wildman–Crippen LogP) is 0.982. The van der Waals surface area contributed by atoms with E-state index in [1.54, 1.807) is 12.4 Å². The van der Waals surface area contributed by atoms with Gasteiger partial charge < -0.3 is 5.32 Å². The fourth-order valence-corrected chi connectivity index (χ4v) is 1.02. The van der Waals surface area contributed by atoms with Gasteiger partial charge in [0.1, 0.15) is 0 Å². The Morgan fingerprint density at radius 2 is 2.67 bits per heavy atom. The van der Waals surface area contributed by atoms with Crippen LogP contribution in [0.1, 0.15) is 18.5 Å². The number of aromatic amines is 1. The van der Waals surface area contributed by atoms with Crippen LogP contribution in [0.15, 0.2) is 12.4 Å². The van der Waals surface area contributed by atoms with Gasteiger partial charge in [-0.15, -0.1) is 0 Å². The van der Waals surface area contributed by atoms with Crippen LogP contribution in [0.5, 0.6) is 0 Å². The van der Waals surface area contributed by atoms with Crippen molar-refractivity contribution in [2.45, 2.75) is 13.0 Å². The van der Waals surface area contributed by atoms with Crippen molar-refractivity contribution in [2.24, 2.45) is 0 Å². The number of nitrogens with one attached hydrogen (secondary N) is 2. The maximum absolute atomic E-state index is 10.9. The first-order chi connectivity index (χ1) is 5.74. The number of carbonyl (C=O) groups is 1. The zero-order valence-electron chi connectivity index (χ0n) is 6.67. The number of alkyl halides is 1. The zero-order valence-corrected chi connectivity index (χ0v) is 8.26. The lowest BCUT2D eigenvalue weighted by Gasteiger charge is -2.09. The number of hydrogen-bond donors (Lipinski definition) is 2. The molecule has 2 N–H and O–H groups in total. The number of carbonyl (C=O) groups excluding carboxylic acids is 1. The number of aromatic nitrogens is 2. The van der Waals surface area contributed by atoms with E-state index in [1.807, 2.05) is 6.92 Å². The lowest BCUT2D eigenvalue weighted by atomic mass is 10.2. The van der Waals surface area contributed by atoms with Gasteiger partial charge >= 0.3 is 0 Å². The Labute approximate surface area is 78.9 Å². The van der Waals surface area contributed by atoms with Gasteiger partial charge in [0.15, 0.2) is 0 Å². The van der Waals surface area contributed by atoms with Crippen LogP contribution in [0.25, 0.3) is 0 Å². The minimum absolute atomic E-state index is 0.00815. The molecule has 4 nitrogen and oxygen atoms in total. The fraction of sp³-hybridized carbons (Fsp3) is 0.429. The molecule has 1 aromatic rings. The van der Waals surface area contributed by atoms with Crippen molar-refractivity contribution in [3.05, 3.63) is 18.0 Å². The van der Waals surface area contributed by atoms with E-state index in [-0.39, 0.29) is 11.9 Å². The third-order valence-corrected chi connectivity index (χ3v) is 2.03. The van der Waals surface area contributed by atoms with Crippen molar-refractivity contribution in [1.29, 1.82) is 0 Å². The lowest BCUT2D eigenvalue weighted by Crippen LogP contribution is -2.27. The van der Waals surface area contributed by atoms with Crippen LogP contribution < -0.4 is 5.32 Å². The molecule has 12 heavy (non-hydrogen) atoms. The van der Waals surface area contributed by atoms with Gasteiger partial charge in [-0.2, -0.15) is 5.10 Å². The number of hydrogen-bond acceptors (Lipinski definition) is 2. The average Bonchev–Trinajstić information content (AvgIpc) is 2.56. The van der Waals surface area contributed by atoms with E-state index < -0.39 is 0 Å². The number of H-pyrrole nitrogens is 1. The molecule has 0 saturated heterocycles. The molecule has 0 aliphatic rings. The summed E-state index contributed by atoms with van der Waals surface area (Å²) in [7, 11) is 0. The number of halogens is 1. The highest BCUT2D eigenvalue weighted by Crippen LogP contribution is 2.08. The number of nitrogens with zero attached hydrogens (tertiary/aromatic N) is 1. The highest BCUT2D eigenvalue weighted by atomic mass is 79.9. The molecule has 0 spiro atoms. The van der Waals surface area contributed by atoms with Crippen molar-refractivity contribution in [3.8, 4) is 0 Å². The van der Waals surface area contributed by atoms with Crippen LogP contribution in [0.2, 0.25) is 0 Å². The molecule has 1 rings (SSSR count). The zero-order chi connectivity index (χ0) is 8.97. The SMILES string of the molecule is CC(NC(=O)CBr)c1cn[nH]c1. The molecule has 1 heterocycles. The first-order valence-electron chi connectivity index (χ1n) is 3.58. The molecule has 0 aliphatic carbocycles. The van der Waals surface area contributed by atoms with Crippen LogP contribution in [-0.4, -0.2) is 21.4 Å². The molecule has 0 saturated carbocycles. The summed E-state index contributed by atoms with van der Waals surface area (Å²) in [5.41, 5.74) is 0.976. The quantitative estimate of drug-likeness (QED) is 0.763. The van der Waals surface area contributed by atoms with E-state index in [9.17, 15) is 4.79 Å². The summed E-state index contributed by atoms with van der Waals surface area (Å²) in [6.07, 6.45) is 3.46. The van der Waals surface area contributed by atoms with Gasteiger partial charge in [-0.1, -0.05) is 15.9 Å². The largest absolute Gasteiger partial charge is 0.349 e. The second-order valence-corrected chi connectivity index (χ2v) is 3.02. The topological polar surface area (TPSA) is 57.8 Å². The van der Waals surface area contributed by atoms with Gasteiger partial charge in [-0.3, -0.25) is 9.89 Å². The van der Waals surface area contributed by atoms with Gasteiger partial charge in [0, 0.05) is 11.8 Å². The molecule has 1 unspecified atom stereocenters. The van der Waals surface area contributed by atoms with Crippen LogP contribution in [0.3, 0.4) is 0 Å². The summed E-state index contributed by atoms with van der Waals surface area (Å²) in [6, 6.07) is 0.00815. The van der Waals surface area contributed by atoms with E-state index in [0.29, 0.717) is 5.33 Å². The van der Waals surface area contributed by atoms with Crippen LogP contribution in [0.4, 0.5) is 0 Å². The molecule has 1 aromatic heterocycles. The first-order valence-corrected chi connectivity index (χ1v) is 4.70. The molecule has 0 bridgehead atoms. The summed E-state index contributed by atoms with van der Waals surface area (Å²) in [5.74, 6) is -0.0244. The minimum atomic E-state index is -0.0244. The highest BCUT2D eigenvalue weighted by molar-refractivity contribution is 9.09. The van der Waals surface area contributed by atoms with Crippen molar-refractivity contribution >= 4 is 21.8 Å². The van der Waals surface area contributed by atoms with Crippen molar-refractivity contribution in [2.75, 3.05) is 5.33 Å². The van der Waals surface area contributed by atoms with Gasteiger partial charge in [0.05, 0.1) is 17.6 Å². The monoisotopic (exact) mass is 231 g/mol. The Morgan fingerprint density at radius 1 is 1.92 bits per heavy atom. The molecule has 1 amide bonds. The highest BCUT2D eigenvalue weighted by Gasteiger charge is 2.08. The third-order valence-electron chi connectivity index (χ3n) is 1.52. The molecule has 0 radical (unpaired) electrons. The molecule has 66 valence electrons. The second-order valence-electron chi connectivity index (χ2n) is 2.45. The van der Waals surface area contributed by atoms with E-state index in [0.717, 1.165) is 5.56 Å². The Balaban J connectivity index is 2.49. The van der Waals surface area contributed by atoms with Gasteiger partial charge in [-0.25, -0.2) is 0 Å². The van der Waals surface area contributed by atoms with Crippen molar-refractivity contribution in [3.63, 3.8) is 0 Å². The van der Waals surface area contributed by atoms with E-state index in [1.165, 1.54) is 0 Å². The molecule has 1 atom stereocenters. The van der Waals surface area contributed by atoms with Crippen LogP contribution in [-0.2, 0) is 4.79 Å². The molecule has 5 heteroatoms. The maximum Gasteiger partial charge on any atom is 0.231 e. The third kappa shape index (κ3) is 2.34. The summed E-state index contributed by atoms with van der Waals surface area (Å²) in [4.78, 5) is 10.9. The fourth-order valence-electron chi connectivity index (χ4n) is 0.861. The van der Waals surface area contributed by atoms with Crippen LogP contribution in [0, 0.1) is 0 Å². The molecular weight excluding hydrogens is 222 g/mol. The number of amides is 1. The Bertz CT molecular complexity index is 247. The molecule has 0 aromatic carbocycles. The summed E-state index contributed by atoms with van der Waals surface area (Å²) in [5, 5.41) is 9.59. The standard InChI is InChI=1S/C7H10BrN3O/c1-5(11-7(12)2-8)6-3-9-10-4-6/h3-5H,2H2,1H3,(H,9,10)(H,11,12). The van der Waals surface area contributed by atoms with Gasteiger partial charge in [0.2, 0.25) is 5.91 Å². The Morgan fingerprint density at radius 3 is 3.17 bits per heavy atom. The maximum atomic E-state index is 10.9. The summed E-state index contributed by atoms with van der Waals surface area (Å²) in [6.45, 7) is 1.91. The Hall–Kier alpha value is -0.840. The predicted molar refractivity (Wildman–Crippen MR) is 48.9 cm³/mol. The Kier molecular flexibility index (Phi) is 3.28. The van der Waals surface area contributed by atoms with E-state index in [2.05, 4.69) is 31.4 Å². The average molecular weight is 232 g/mol. The molecule has 0 aliphatic heterocycles. The summed E-state index contributed by atoms with van der Waals surface area (Å²) < 4.78 is 0. The van der Waals surface area contributed by atoms with Gasteiger partial charge in [-0.05, 0) is 6.92 Å². The summed E-state index contributed by atoms with van der Waals surface area (Å²) >= 11 is 3.07. The molecular formula is C7H10BrN3O. The normalized spacial score (nSPS) is 12.5. The van der Waals surface area contributed by atoms with E-state index >= 15 is 0 Å². The first kappa shape index (κ1) is 9.25. The molecule has 0 fully saturated rings. The minimum Gasteiger partial charge on any atom is -0.349 e. The van der Waals surface area contributed by atoms with Crippen LogP contribution >= 0.6 is 15.9 Å².